The number of rotatable bonds is 3. The summed E-state index contributed by atoms with van der Waals surface area (Å²) in [5.74, 6) is -0.114. The molecule has 0 aromatic rings. The van der Waals surface area contributed by atoms with E-state index in [1.165, 1.54) is 0 Å². The van der Waals surface area contributed by atoms with Crippen molar-refractivity contribution in [2.24, 2.45) is 26.7 Å². The number of sulfone groups is 1. The van der Waals surface area contributed by atoms with Gasteiger partial charge in [0.15, 0.2) is 21.3 Å². The van der Waals surface area contributed by atoms with E-state index in [-0.39, 0.29) is 34.3 Å². The van der Waals surface area contributed by atoms with Gasteiger partial charge in [-0.2, -0.15) is 10.5 Å². The predicted octanol–water partition coefficient (Wildman–Crippen LogP) is 1.02. The van der Waals surface area contributed by atoms with Crippen molar-refractivity contribution in [2.45, 2.75) is 38.6 Å². The fraction of sp³-hybridized carbons (Fsp3) is 0.667. The average molecular weight is 332 g/mol. The number of aliphatic imine (C=N–C) groups is 2. The molecule has 3 rings (SSSR count). The summed E-state index contributed by atoms with van der Waals surface area (Å²) in [6.07, 6.45) is 1.82. The summed E-state index contributed by atoms with van der Waals surface area (Å²) in [7, 11) is -3.88. The Balaban J connectivity index is 1.97. The summed E-state index contributed by atoms with van der Waals surface area (Å²) in [6.45, 7) is 3.90. The molecule has 23 heavy (non-hydrogen) atoms. The molecule has 2 saturated carbocycles. The van der Waals surface area contributed by atoms with Crippen LogP contribution in [0.3, 0.4) is 0 Å². The van der Waals surface area contributed by atoms with Crippen molar-refractivity contribution < 1.29 is 13.2 Å². The van der Waals surface area contributed by atoms with Gasteiger partial charge in [0, 0.05) is 11.8 Å². The highest BCUT2D eigenvalue weighted by Gasteiger charge is 2.65. The Morgan fingerprint density at radius 2 is 1.78 bits per heavy atom. The van der Waals surface area contributed by atoms with Gasteiger partial charge in [0.05, 0.1) is 5.75 Å². The number of nitriles is 2. The zero-order valence-electron chi connectivity index (χ0n) is 12.9. The Labute approximate surface area is 134 Å². The lowest BCUT2D eigenvalue weighted by molar-refractivity contribution is -0.128. The molecular formula is C15H16N4O3S. The van der Waals surface area contributed by atoms with Crippen LogP contribution in [0.15, 0.2) is 9.98 Å². The standard InChI is InChI=1S/C15H16N4O3S/c1-14(2)9-3-4-15(14,12(20)5-9)8-23(21,22)13-18-10(6-16)11(7-17)19-13/h9,13H,3-5,8H2,1-2H3. The summed E-state index contributed by atoms with van der Waals surface area (Å²) in [4.78, 5) is 20.0. The molecule has 0 aromatic heterocycles. The first-order valence-corrected chi connectivity index (χ1v) is 9.10. The monoisotopic (exact) mass is 332 g/mol. The third-order valence-electron chi connectivity index (χ3n) is 5.82. The van der Waals surface area contributed by atoms with Gasteiger partial charge in [-0.15, -0.1) is 0 Å². The number of Topliss-reactive ketones (excluding diaryl/α,β-unsaturated/α-hetero) is 1. The normalized spacial score (nSPS) is 32.3. The Hall–Kier alpha value is -2.06. The van der Waals surface area contributed by atoms with Crippen molar-refractivity contribution >= 4 is 27.0 Å². The molecule has 2 bridgehead atoms. The van der Waals surface area contributed by atoms with E-state index in [0.29, 0.717) is 12.8 Å². The zero-order chi connectivity index (χ0) is 17.0. The molecule has 3 aliphatic rings. The van der Waals surface area contributed by atoms with Crippen molar-refractivity contribution in [3.05, 3.63) is 0 Å². The highest BCUT2D eigenvalue weighted by molar-refractivity contribution is 7.92. The Morgan fingerprint density at radius 1 is 1.22 bits per heavy atom. The molecule has 1 heterocycles. The number of ketones is 1. The third-order valence-corrected chi connectivity index (χ3v) is 7.57. The topological polar surface area (TPSA) is 124 Å². The lowest BCUT2D eigenvalue weighted by atomic mass is 9.70. The fourth-order valence-corrected chi connectivity index (χ4v) is 6.27. The second-order valence-corrected chi connectivity index (χ2v) is 9.02. The number of hydrogen-bond donors (Lipinski definition) is 0. The number of carbonyl (C=O) groups excluding carboxylic acids is 1. The molecule has 120 valence electrons. The molecular weight excluding hydrogens is 316 g/mol. The molecule has 2 unspecified atom stereocenters. The van der Waals surface area contributed by atoms with Gasteiger partial charge < -0.3 is 0 Å². The minimum absolute atomic E-state index is 0.00528. The Kier molecular flexibility index (Phi) is 3.24. The van der Waals surface area contributed by atoms with E-state index in [4.69, 9.17) is 10.5 Å². The van der Waals surface area contributed by atoms with Gasteiger partial charge in [-0.05, 0) is 24.2 Å². The number of nitrogens with zero attached hydrogens (tertiary/aromatic N) is 4. The summed E-state index contributed by atoms with van der Waals surface area (Å²) in [5.41, 5.74) is -3.28. The van der Waals surface area contributed by atoms with Gasteiger partial charge in [-0.3, -0.25) is 4.79 Å². The van der Waals surface area contributed by atoms with Gasteiger partial charge in [0.2, 0.25) is 5.50 Å². The van der Waals surface area contributed by atoms with Crippen molar-refractivity contribution in [2.75, 3.05) is 5.75 Å². The quantitative estimate of drug-likeness (QED) is 0.763. The van der Waals surface area contributed by atoms with Crippen LogP contribution in [-0.2, 0) is 14.6 Å². The first-order valence-electron chi connectivity index (χ1n) is 7.39. The number of carbonyl (C=O) groups is 1. The molecule has 0 N–H and O–H groups in total. The molecule has 2 atom stereocenters. The Morgan fingerprint density at radius 3 is 2.17 bits per heavy atom. The zero-order valence-corrected chi connectivity index (χ0v) is 13.7. The van der Waals surface area contributed by atoms with Crippen LogP contribution in [-0.4, -0.2) is 36.9 Å². The van der Waals surface area contributed by atoms with E-state index in [2.05, 4.69) is 9.98 Å². The second kappa shape index (κ2) is 4.72. The van der Waals surface area contributed by atoms with Crippen LogP contribution in [0.4, 0.5) is 0 Å². The van der Waals surface area contributed by atoms with Crippen LogP contribution in [0.5, 0.6) is 0 Å². The summed E-state index contributed by atoms with van der Waals surface area (Å²) in [6, 6.07) is 3.37. The van der Waals surface area contributed by atoms with E-state index in [9.17, 15) is 13.2 Å². The van der Waals surface area contributed by atoms with E-state index in [0.717, 1.165) is 6.42 Å². The highest BCUT2D eigenvalue weighted by atomic mass is 32.2. The molecule has 0 saturated heterocycles. The molecule has 1 aliphatic heterocycles. The van der Waals surface area contributed by atoms with E-state index in [1.54, 1.807) is 12.1 Å². The maximum atomic E-state index is 12.7. The molecule has 0 aromatic carbocycles. The minimum Gasteiger partial charge on any atom is -0.299 e. The van der Waals surface area contributed by atoms with Crippen molar-refractivity contribution in [1.82, 2.24) is 0 Å². The van der Waals surface area contributed by atoms with Crippen LogP contribution in [0, 0.1) is 39.4 Å². The van der Waals surface area contributed by atoms with Crippen molar-refractivity contribution in [3.8, 4) is 12.1 Å². The minimum atomic E-state index is -3.88. The maximum Gasteiger partial charge on any atom is 0.243 e. The van der Waals surface area contributed by atoms with Gasteiger partial charge in [-0.1, -0.05) is 13.8 Å². The van der Waals surface area contributed by atoms with E-state index in [1.807, 2.05) is 13.8 Å². The number of fused-ring (bicyclic) bond motifs is 2. The molecule has 0 radical (unpaired) electrons. The maximum absolute atomic E-state index is 12.7. The average Bonchev–Trinajstić information content (AvgIpc) is 3.06. The summed E-state index contributed by atoms with van der Waals surface area (Å²) < 4.78 is 25.5. The largest absolute Gasteiger partial charge is 0.299 e. The van der Waals surface area contributed by atoms with Crippen LogP contribution in [0.2, 0.25) is 0 Å². The van der Waals surface area contributed by atoms with Gasteiger partial charge in [0.25, 0.3) is 0 Å². The van der Waals surface area contributed by atoms with Crippen molar-refractivity contribution in [3.63, 3.8) is 0 Å². The van der Waals surface area contributed by atoms with Crippen LogP contribution in [0.25, 0.3) is 0 Å². The lowest BCUT2D eigenvalue weighted by Crippen LogP contribution is -2.43. The van der Waals surface area contributed by atoms with Gasteiger partial charge >= 0.3 is 0 Å². The molecule has 8 heteroatoms. The number of hydrogen-bond acceptors (Lipinski definition) is 7. The first kappa shape index (κ1) is 15.8. The molecule has 2 fully saturated rings. The van der Waals surface area contributed by atoms with Crippen LogP contribution < -0.4 is 0 Å². The Bertz CT molecular complexity index is 811. The smallest absolute Gasteiger partial charge is 0.243 e. The van der Waals surface area contributed by atoms with Crippen molar-refractivity contribution in [1.29, 1.82) is 10.5 Å². The third kappa shape index (κ3) is 1.98. The predicted molar refractivity (Wildman–Crippen MR) is 82.2 cm³/mol. The fourth-order valence-electron chi connectivity index (χ4n) is 4.22. The highest BCUT2D eigenvalue weighted by Crippen LogP contribution is 2.64. The lowest BCUT2D eigenvalue weighted by Gasteiger charge is -2.36. The van der Waals surface area contributed by atoms with Gasteiger partial charge in [-0.25, -0.2) is 18.4 Å². The van der Waals surface area contributed by atoms with Crippen LogP contribution in [0.1, 0.15) is 33.1 Å². The molecule has 0 amide bonds. The molecule has 0 spiro atoms. The SMILES string of the molecule is CC1(C)C2CCC1(CS(=O)(=O)C1N=C(C#N)C(C#N)=N1)C(=O)C2. The summed E-state index contributed by atoms with van der Waals surface area (Å²) >= 11 is 0. The van der Waals surface area contributed by atoms with E-state index >= 15 is 0 Å². The molecule has 7 nitrogen and oxygen atoms in total. The van der Waals surface area contributed by atoms with E-state index < -0.39 is 20.8 Å². The summed E-state index contributed by atoms with van der Waals surface area (Å²) in [5, 5.41) is 17.8. The van der Waals surface area contributed by atoms with Crippen LogP contribution >= 0.6 is 0 Å². The first-order chi connectivity index (χ1) is 10.7. The second-order valence-electron chi connectivity index (χ2n) is 6.98. The molecule has 2 aliphatic carbocycles. The van der Waals surface area contributed by atoms with Gasteiger partial charge in [0.1, 0.15) is 17.9 Å².